The Labute approximate surface area is 150 Å². The monoisotopic (exact) mass is 355 g/mol. The zero-order valence-electron chi connectivity index (χ0n) is 17.1. The van der Waals surface area contributed by atoms with E-state index in [0.29, 0.717) is 0 Å². The first-order valence-corrected chi connectivity index (χ1v) is 11.8. The van der Waals surface area contributed by atoms with Gasteiger partial charge in [-0.1, -0.05) is 52.4 Å². The molecule has 2 atom stereocenters. The van der Waals surface area contributed by atoms with Gasteiger partial charge in [0.15, 0.2) is 13.9 Å². The molecule has 4 nitrogen and oxygen atoms in total. The van der Waals surface area contributed by atoms with E-state index >= 15 is 0 Å². The molecule has 140 valence electrons. The normalized spacial score (nSPS) is 16.2. The van der Waals surface area contributed by atoms with Gasteiger partial charge in [-0.2, -0.15) is 0 Å². The SMILES string of the molecule is CCCCCC(C#C[C@](C)(C(=O)O)N(C)C)O[Si](C)(C)C(C)(C)C. The second-order valence-electron chi connectivity index (χ2n) is 8.40. The van der Waals surface area contributed by atoms with Crippen LogP contribution in [-0.2, 0) is 9.22 Å². The highest BCUT2D eigenvalue weighted by atomic mass is 28.4. The summed E-state index contributed by atoms with van der Waals surface area (Å²) in [6, 6.07) is 0. The van der Waals surface area contributed by atoms with Crippen LogP contribution in [0.15, 0.2) is 0 Å². The topological polar surface area (TPSA) is 49.8 Å². The first kappa shape index (κ1) is 23.2. The van der Waals surface area contributed by atoms with Gasteiger partial charge in [-0.25, -0.2) is 4.79 Å². The summed E-state index contributed by atoms with van der Waals surface area (Å²) in [6.07, 6.45) is 4.00. The highest BCUT2D eigenvalue weighted by molar-refractivity contribution is 6.74. The second kappa shape index (κ2) is 9.03. The Morgan fingerprint density at radius 1 is 1.21 bits per heavy atom. The van der Waals surface area contributed by atoms with Gasteiger partial charge in [-0.3, -0.25) is 4.90 Å². The van der Waals surface area contributed by atoms with Crippen molar-refractivity contribution in [3.63, 3.8) is 0 Å². The molecule has 0 aromatic heterocycles. The molecule has 0 heterocycles. The number of likely N-dealkylation sites (N-methyl/N-ethyl adjacent to an activating group) is 1. The third-order valence-electron chi connectivity index (χ3n) is 5.10. The van der Waals surface area contributed by atoms with Gasteiger partial charge in [0.25, 0.3) is 0 Å². The molecule has 0 bridgehead atoms. The Morgan fingerprint density at radius 2 is 1.75 bits per heavy atom. The number of hydrogen-bond acceptors (Lipinski definition) is 3. The molecule has 0 radical (unpaired) electrons. The summed E-state index contributed by atoms with van der Waals surface area (Å²) in [6.45, 7) is 14.8. The Bertz CT molecular complexity index is 471. The van der Waals surface area contributed by atoms with E-state index in [1.165, 1.54) is 0 Å². The standard InChI is InChI=1S/C19H37NO3Si/c1-10-11-12-13-16(23-24(8,9)18(2,3)4)14-15-19(5,17(21)22)20(6)7/h16H,10-13H2,1-9H3,(H,21,22)/t16?,19-/m1/s1. The number of rotatable bonds is 8. The van der Waals surface area contributed by atoms with Gasteiger partial charge >= 0.3 is 5.97 Å². The van der Waals surface area contributed by atoms with E-state index < -0.39 is 19.8 Å². The summed E-state index contributed by atoms with van der Waals surface area (Å²) in [5, 5.41) is 9.62. The number of carboxylic acid groups (broad SMARTS) is 1. The molecule has 0 aromatic carbocycles. The van der Waals surface area contributed by atoms with Gasteiger partial charge in [0, 0.05) is 0 Å². The maximum absolute atomic E-state index is 11.6. The summed E-state index contributed by atoms with van der Waals surface area (Å²) in [4.78, 5) is 13.2. The lowest BCUT2D eigenvalue weighted by Gasteiger charge is -2.38. The summed E-state index contributed by atoms with van der Waals surface area (Å²) in [7, 11) is 1.54. The fraction of sp³-hybridized carbons (Fsp3) is 0.842. The van der Waals surface area contributed by atoms with Crippen LogP contribution in [0.5, 0.6) is 0 Å². The minimum atomic E-state index is -1.94. The van der Waals surface area contributed by atoms with Crippen LogP contribution in [0.3, 0.4) is 0 Å². The summed E-state index contributed by atoms with van der Waals surface area (Å²) in [5.74, 6) is 5.19. The van der Waals surface area contributed by atoms with Crippen LogP contribution in [0.1, 0.15) is 60.3 Å². The van der Waals surface area contributed by atoms with Crippen LogP contribution in [-0.4, -0.2) is 50.0 Å². The molecule has 0 spiro atoms. The van der Waals surface area contributed by atoms with Gasteiger partial charge < -0.3 is 9.53 Å². The van der Waals surface area contributed by atoms with E-state index in [1.807, 2.05) is 0 Å². The number of nitrogens with zero attached hydrogens (tertiary/aromatic N) is 1. The molecule has 0 aliphatic rings. The van der Waals surface area contributed by atoms with Gasteiger partial charge in [0.2, 0.25) is 0 Å². The van der Waals surface area contributed by atoms with Gasteiger partial charge in [0.1, 0.15) is 6.10 Å². The van der Waals surface area contributed by atoms with Crippen molar-refractivity contribution in [1.29, 1.82) is 0 Å². The van der Waals surface area contributed by atoms with Crippen LogP contribution < -0.4 is 0 Å². The van der Waals surface area contributed by atoms with Crippen molar-refractivity contribution in [3.05, 3.63) is 0 Å². The lowest BCUT2D eigenvalue weighted by Crippen LogP contribution is -2.48. The highest BCUT2D eigenvalue weighted by Gasteiger charge is 2.39. The lowest BCUT2D eigenvalue weighted by atomic mass is 10.0. The Balaban J connectivity index is 5.45. The van der Waals surface area contributed by atoms with Gasteiger partial charge in [0.05, 0.1) is 0 Å². The van der Waals surface area contributed by atoms with Crippen molar-refractivity contribution in [1.82, 2.24) is 4.90 Å². The molecule has 0 aliphatic carbocycles. The molecule has 1 unspecified atom stereocenters. The molecular formula is C19H37NO3Si. The van der Waals surface area contributed by atoms with Crippen molar-refractivity contribution in [2.45, 2.75) is 90.1 Å². The van der Waals surface area contributed by atoms with E-state index in [9.17, 15) is 9.90 Å². The van der Waals surface area contributed by atoms with E-state index in [2.05, 4.69) is 52.6 Å². The maximum atomic E-state index is 11.6. The van der Waals surface area contributed by atoms with Crippen LogP contribution in [0, 0.1) is 11.8 Å². The minimum absolute atomic E-state index is 0.106. The quantitative estimate of drug-likeness (QED) is 0.399. The zero-order valence-corrected chi connectivity index (χ0v) is 18.1. The first-order chi connectivity index (χ1) is 10.8. The largest absolute Gasteiger partial charge is 0.479 e. The molecule has 0 aliphatic heterocycles. The van der Waals surface area contributed by atoms with Crippen LogP contribution in [0.25, 0.3) is 0 Å². The van der Waals surface area contributed by atoms with Crippen molar-refractivity contribution in [2.24, 2.45) is 0 Å². The smallest absolute Gasteiger partial charge is 0.336 e. The molecule has 24 heavy (non-hydrogen) atoms. The van der Waals surface area contributed by atoms with E-state index in [-0.39, 0.29) is 11.1 Å². The van der Waals surface area contributed by atoms with E-state index in [0.717, 1.165) is 25.7 Å². The Kier molecular flexibility index (Phi) is 8.71. The molecular weight excluding hydrogens is 318 g/mol. The molecule has 0 aromatic rings. The Hall–Kier alpha value is -0.833. The third kappa shape index (κ3) is 6.58. The number of aliphatic carboxylic acids is 1. The molecule has 0 fully saturated rings. The zero-order chi connectivity index (χ0) is 19.2. The number of carboxylic acids is 1. The van der Waals surface area contributed by atoms with E-state index in [1.54, 1.807) is 25.9 Å². The van der Waals surface area contributed by atoms with E-state index in [4.69, 9.17) is 4.43 Å². The molecule has 0 rings (SSSR count). The molecule has 1 N–H and O–H groups in total. The molecule has 0 amide bonds. The van der Waals surface area contributed by atoms with Gasteiger partial charge in [-0.05, 0) is 52.0 Å². The maximum Gasteiger partial charge on any atom is 0.336 e. The summed E-state index contributed by atoms with van der Waals surface area (Å²) >= 11 is 0. The minimum Gasteiger partial charge on any atom is -0.479 e. The van der Waals surface area contributed by atoms with Crippen LogP contribution in [0.2, 0.25) is 18.1 Å². The van der Waals surface area contributed by atoms with Crippen molar-refractivity contribution in [3.8, 4) is 11.8 Å². The molecule has 5 heteroatoms. The number of hydrogen-bond donors (Lipinski definition) is 1. The predicted octanol–water partition coefficient (Wildman–Crippen LogP) is 4.37. The van der Waals surface area contributed by atoms with Crippen LogP contribution >= 0.6 is 0 Å². The first-order valence-electron chi connectivity index (χ1n) is 8.89. The number of unbranched alkanes of at least 4 members (excludes halogenated alkanes) is 2. The van der Waals surface area contributed by atoms with Crippen molar-refractivity contribution >= 4 is 14.3 Å². The Morgan fingerprint density at radius 3 is 2.12 bits per heavy atom. The fourth-order valence-electron chi connectivity index (χ4n) is 1.85. The van der Waals surface area contributed by atoms with Crippen LogP contribution in [0.4, 0.5) is 0 Å². The average Bonchev–Trinajstić information content (AvgIpc) is 2.42. The third-order valence-corrected chi connectivity index (χ3v) is 9.59. The highest BCUT2D eigenvalue weighted by Crippen LogP contribution is 2.37. The predicted molar refractivity (Wildman–Crippen MR) is 104 cm³/mol. The average molecular weight is 356 g/mol. The summed E-state index contributed by atoms with van der Waals surface area (Å²) in [5.41, 5.74) is -1.19. The lowest BCUT2D eigenvalue weighted by molar-refractivity contribution is -0.145. The number of carbonyl (C=O) groups is 1. The molecule has 0 saturated carbocycles. The fourth-order valence-corrected chi connectivity index (χ4v) is 3.09. The second-order valence-corrected chi connectivity index (χ2v) is 13.2. The van der Waals surface area contributed by atoms with Crippen molar-refractivity contribution < 1.29 is 14.3 Å². The summed E-state index contributed by atoms with van der Waals surface area (Å²) < 4.78 is 6.46. The van der Waals surface area contributed by atoms with Crippen molar-refractivity contribution in [2.75, 3.05) is 14.1 Å². The van der Waals surface area contributed by atoms with Gasteiger partial charge in [-0.15, -0.1) is 0 Å². The molecule has 0 saturated heterocycles.